The molecule has 3 aromatic rings. The van der Waals surface area contributed by atoms with Gasteiger partial charge in [-0.05, 0) is 55.3 Å². The predicted octanol–water partition coefficient (Wildman–Crippen LogP) is 4.81. The summed E-state index contributed by atoms with van der Waals surface area (Å²) in [6, 6.07) is 10.4. The lowest BCUT2D eigenvalue weighted by atomic mass is 10.0. The Labute approximate surface area is 155 Å². The van der Waals surface area contributed by atoms with E-state index in [0.717, 1.165) is 28.8 Å². The van der Waals surface area contributed by atoms with E-state index in [9.17, 15) is 13.6 Å². The summed E-state index contributed by atoms with van der Waals surface area (Å²) in [5.74, 6) is -1.69. The van der Waals surface area contributed by atoms with E-state index in [-0.39, 0.29) is 5.69 Å². The Balaban J connectivity index is 1.75. The van der Waals surface area contributed by atoms with Crippen LogP contribution in [0.5, 0.6) is 5.75 Å². The minimum Gasteiger partial charge on any atom is -0.488 e. The van der Waals surface area contributed by atoms with Gasteiger partial charge in [0.1, 0.15) is 12.4 Å². The highest BCUT2D eigenvalue weighted by atomic mass is 19.2. The number of anilines is 1. The van der Waals surface area contributed by atoms with Crippen molar-refractivity contribution in [1.29, 1.82) is 0 Å². The van der Waals surface area contributed by atoms with E-state index in [1.807, 2.05) is 26.0 Å². The van der Waals surface area contributed by atoms with Crippen LogP contribution < -0.4 is 10.1 Å². The van der Waals surface area contributed by atoms with Crippen molar-refractivity contribution >= 4 is 11.6 Å². The molecule has 0 saturated carbocycles. The van der Waals surface area contributed by atoms with Gasteiger partial charge in [-0.15, -0.1) is 0 Å². The summed E-state index contributed by atoms with van der Waals surface area (Å²) in [5.41, 5.74) is 3.13. The Morgan fingerprint density at radius 3 is 2.44 bits per heavy atom. The highest BCUT2D eigenvalue weighted by Gasteiger charge is 2.13. The summed E-state index contributed by atoms with van der Waals surface area (Å²) < 4.78 is 32.2. The van der Waals surface area contributed by atoms with Crippen LogP contribution in [0.3, 0.4) is 0 Å². The van der Waals surface area contributed by atoms with Crippen LogP contribution in [0.4, 0.5) is 14.5 Å². The number of carbonyl (C=O) groups is 1. The fourth-order valence-electron chi connectivity index (χ4n) is 2.73. The molecular weight excluding hydrogens is 350 g/mol. The van der Waals surface area contributed by atoms with Crippen LogP contribution >= 0.6 is 0 Å². The molecular formula is C21H18F2N2O2. The number of pyridine rings is 1. The molecule has 0 radical (unpaired) electrons. The number of hydrogen-bond donors (Lipinski definition) is 1. The monoisotopic (exact) mass is 368 g/mol. The molecule has 3 rings (SSSR count). The zero-order valence-electron chi connectivity index (χ0n) is 14.9. The van der Waals surface area contributed by atoms with E-state index < -0.39 is 17.5 Å². The van der Waals surface area contributed by atoms with Crippen molar-refractivity contribution in [2.24, 2.45) is 0 Å². The molecule has 1 aromatic heterocycles. The lowest BCUT2D eigenvalue weighted by molar-refractivity contribution is 0.102. The third-order valence-corrected chi connectivity index (χ3v) is 4.01. The maximum absolute atomic E-state index is 13.3. The molecule has 0 saturated heterocycles. The molecule has 0 bridgehead atoms. The van der Waals surface area contributed by atoms with Gasteiger partial charge in [-0.25, -0.2) is 8.78 Å². The second kappa shape index (κ2) is 7.95. The number of aryl methyl sites for hydroxylation is 2. The standard InChI is InChI=1S/C21H18F2N2O2/c1-13-8-16(21(26)25-17-5-6-18(22)19(23)10-17)9-14(2)20(13)27-12-15-4-3-7-24-11-15/h3-11H,12H2,1-2H3,(H,25,26). The van der Waals surface area contributed by atoms with Crippen molar-refractivity contribution in [1.82, 2.24) is 4.98 Å². The number of nitrogens with zero attached hydrogens (tertiary/aromatic N) is 1. The van der Waals surface area contributed by atoms with E-state index in [4.69, 9.17) is 4.74 Å². The average Bonchev–Trinajstić information content (AvgIpc) is 2.64. The molecule has 0 aliphatic heterocycles. The fourth-order valence-corrected chi connectivity index (χ4v) is 2.73. The first-order valence-corrected chi connectivity index (χ1v) is 8.33. The van der Waals surface area contributed by atoms with E-state index in [1.54, 1.807) is 24.5 Å². The zero-order chi connectivity index (χ0) is 19.4. The van der Waals surface area contributed by atoms with Gasteiger partial charge in [-0.3, -0.25) is 9.78 Å². The van der Waals surface area contributed by atoms with Crippen molar-refractivity contribution in [2.75, 3.05) is 5.32 Å². The SMILES string of the molecule is Cc1cc(C(=O)Nc2ccc(F)c(F)c2)cc(C)c1OCc1cccnc1. The lowest BCUT2D eigenvalue weighted by Gasteiger charge is -2.14. The Hall–Kier alpha value is -3.28. The summed E-state index contributed by atoms with van der Waals surface area (Å²) >= 11 is 0. The number of rotatable bonds is 5. The van der Waals surface area contributed by atoms with Crippen molar-refractivity contribution in [3.05, 3.63) is 88.7 Å². The quantitative estimate of drug-likeness (QED) is 0.703. The smallest absolute Gasteiger partial charge is 0.255 e. The number of halogens is 2. The van der Waals surface area contributed by atoms with E-state index in [2.05, 4.69) is 10.3 Å². The lowest BCUT2D eigenvalue weighted by Crippen LogP contribution is -2.13. The van der Waals surface area contributed by atoms with Crippen LogP contribution in [0.15, 0.2) is 54.9 Å². The first-order valence-electron chi connectivity index (χ1n) is 8.33. The van der Waals surface area contributed by atoms with E-state index >= 15 is 0 Å². The van der Waals surface area contributed by atoms with Crippen molar-refractivity contribution in [3.63, 3.8) is 0 Å². The Bertz CT molecular complexity index is 952. The number of benzene rings is 2. The summed E-state index contributed by atoms with van der Waals surface area (Å²) in [4.78, 5) is 16.5. The molecule has 1 amide bonds. The zero-order valence-corrected chi connectivity index (χ0v) is 14.9. The molecule has 0 atom stereocenters. The maximum Gasteiger partial charge on any atom is 0.255 e. The molecule has 0 aliphatic carbocycles. The van der Waals surface area contributed by atoms with Gasteiger partial charge in [0, 0.05) is 35.3 Å². The van der Waals surface area contributed by atoms with Gasteiger partial charge in [0.05, 0.1) is 0 Å². The van der Waals surface area contributed by atoms with Gasteiger partial charge >= 0.3 is 0 Å². The van der Waals surface area contributed by atoms with Gasteiger partial charge in [0.2, 0.25) is 0 Å². The van der Waals surface area contributed by atoms with Gasteiger partial charge in [-0.1, -0.05) is 6.07 Å². The molecule has 6 heteroatoms. The molecule has 0 aliphatic rings. The highest BCUT2D eigenvalue weighted by Crippen LogP contribution is 2.26. The molecule has 2 aromatic carbocycles. The van der Waals surface area contributed by atoms with Crippen LogP contribution in [-0.2, 0) is 6.61 Å². The van der Waals surface area contributed by atoms with Crippen LogP contribution in [0.1, 0.15) is 27.0 Å². The molecule has 0 fully saturated rings. The van der Waals surface area contributed by atoms with Gasteiger partial charge in [-0.2, -0.15) is 0 Å². The molecule has 27 heavy (non-hydrogen) atoms. The van der Waals surface area contributed by atoms with Crippen LogP contribution in [0.25, 0.3) is 0 Å². The summed E-state index contributed by atoms with van der Waals surface area (Å²) in [7, 11) is 0. The molecule has 0 spiro atoms. The van der Waals surface area contributed by atoms with Gasteiger partial charge in [0.15, 0.2) is 11.6 Å². The van der Waals surface area contributed by atoms with Crippen molar-refractivity contribution in [2.45, 2.75) is 20.5 Å². The van der Waals surface area contributed by atoms with Crippen molar-refractivity contribution in [3.8, 4) is 5.75 Å². The topological polar surface area (TPSA) is 51.2 Å². The number of ether oxygens (including phenoxy) is 1. The largest absolute Gasteiger partial charge is 0.488 e. The third-order valence-electron chi connectivity index (χ3n) is 4.01. The minimum absolute atomic E-state index is 0.186. The van der Waals surface area contributed by atoms with Crippen LogP contribution in [0.2, 0.25) is 0 Å². The number of amides is 1. The van der Waals surface area contributed by atoms with E-state index in [0.29, 0.717) is 17.9 Å². The average molecular weight is 368 g/mol. The fraction of sp³-hybridized carbons (Fsp3) is 0.143. The first-order chi connectivity index (χ1) is 12.9. The second-order valence-electron chi connectivity index (χ2n) is 6.17. The van der Waals surface area contributed by atoms with E-state index in [1.165, 1.54) is 6.07 Å². The van der Waals surface area contributed by atoms with Gasteiger partial charge < -0.3 is 10.1 Å². The van der Waals surface area contributed by atoms with Crippen molar-refractivity contribution < 1.29 is 18.3 Å². The summed E-state index contributed by atoms with van der Waals surface area (Å²) in [5, 5.41) is 2.56. The number of carbonyl (C=O) groups excluding carboxylic acids is 1. The highest BCUT2D eigenvalue weighted by molar-refractivity contribution is 6.04. The molecule has 0 unspecified atom stereocenters. The Morgan fingerprint density at radius 1 is 1.07 bits per heavy atom. The summed E-state index contributed by atoms with van der Waals surface area (Å²) in [6.07, 6.45) is 3.43. The minimum atomic E-state index is -1.01. The van der Waals surface area contributed by atoms with Gasteiger partial charge in [0.25, 0.3) is 5.91 Å². The van der Waals surface area contributed by atoms with Crippen LogP contribution in [0, 0.1) is 25.5 Å². The normalized spacial score (nSPS) is 10.5. The molecule has 1 N–H and O–H groups in total. The van der Waals surface area contributed by atoms with Crippen LogP contribution in [-0.4, -0.2) is 10.9 Å². The molecule has 1 heterocycles. The Morgan fingerprint density at radius 2 is 1.81 bits per heavy atom. The molecule has 4 nitrogen and oxygen atoms in total. The summed E-state index contributed by atoms with van der Waals surface area (Å²) in [6.45, 7) is 4.07. The predicted molar refractivity (Wildman–Crippen MR) is 98.8 cm³/mol. The number of nitrogens with one attached hydrogen (secondary N) is 1. The third kappa shape index (κ3) is 4.47. The number of hydrogen-bond acceptors (Lipinski definition) is 3. The molecule has 138 valence electrons. The number of aromatic nitrogens is 1. The second-order valence-corrected chi connectivity index (χ2v) is 6.17. The Kier molecular flexibility index (Phi) is 5.45. The maximum atomic E-state index is 13.3. The first kappa shape index (κ1) is 18.5.